The van der Waals surface area contributed by atoms with Crippen LogP contribution in [0.1, 0.15) is 41.7 Å². The van der Waals surface area contributed by atoms with Crippen molar-refractivity contribution in [1.29, 1.82) is 0 Å². The third-order valence-electron chi connectivity index (χ3n) is 5.35. The number of fused-ring (bicyclic) bond motifs is 1. The van der Waals surface area contributed by atoms with Crippen LogP contribution in [0.25, 0.3) is 17.2 Å². The minimum atomic E-state index is -0.0276. The minimum Gasteiger partial charge on any atom is -0.381 e. The topological polar surface area (TPSA) is 60.2 Å². The molecule has 1 aliphatic heterocycles. The van der Waals surface area contributed by atoms with Crippen LogP contribution in [0.2, 0.25) is 0 Å². The van der Waals surface area contributed by atoms with E-state index in [2.05, 4.69) is 14.5 Å². The Morgan fingerprint density at radius 1 is 1.24 bits per heavy atom. The first-order valence-corrected chi connectivity index (χ1v) is 10.2. The molecule has 0 bridgehead atoms. The number of benzene rings is 1. The predicted molar refractivity (Wildman–Crippen MR) is 114 cm³/mol. The van der Waals surface area contributed by atoms with Crippen LogP contribution in [0.3, 0.4) is 0 Å². The van der Waals surface area contributed by atoms with Gasteiger partial charge in [-0.25, -0.2) is 9.97 Å². The summed E-state index contributed by atoms with van der Waals surface area (Å²) in [7, 11) is 0. The van der Waals surface area contributed by atoms with Crippen LogP contribution in [0.15, 0.2) is 55.0 Å². The van der Waals surface area contributed by atoms with Gasteiger partial charge in [-0.2, -0.15) is 0 Å². The summed E-state index contributed by atoms with van der Waals surface area (Å²) in [6, 6.07) is 12.3. The van der Waals surface area contributed by atoms with Gasteiger partial charge in [0.1, 0.15) is 5.52 Å². The first-order valence-electron chi connectivity index (χ1n) is 10.2. The fourth-order valence-corrected chi connectivity index (χ4v) is 3.68. The third-order valence-corrected chi connectivity index (χ3v) is 5.35. The van der Waals surface area contributed by atoms with Crippen LogP contribution in [-0.4, -0.2) is 51.6 Å². The smallest absolute Gasteiger partial charge is 0.255 e. The van der Waals surface area contributed by atoms with E-state index in [1.807, 2.05) is 61.8 Å². The Bertz CT molecular complexity index is 991. The average molecular weight is 390 g/mol. The van der Waals surface area contributed by atoms with E-state index in [4.69, 9.17) is 4.74 Å². The molecule has 1 aromatic carbocycles. The summed E-state index contributed by atoms with van der Waals surface area (Å²) in [6.07, 6.45) is 9.49. The lowest BCUT2D eigenvalue weighted by Crippen LogP contribution is -2.31. The molecule has 0 atom stereocenters. The van der Waals surface area contributed by atoms with Crippen molar-refractivity contribution < 1.29 is 9.53 Å². The second kappa shape index (κ2) is 9.01. The van der Waals surface area contributed by atoms with E-state index in [0.29, 0.717) is 24.7 Å². The Kier molecular flexibility index (Phi) is 6.00. The van der Waals surface area contributed by atoms with Gasteiger partial charge in [0.05, 0.1) is 11.9 Å². The van der Waals surface area contributed by atoms with Crippen LogP contribution in [0.4, 0.5) is 0 Å². The number of pyridine rings is 1. The minimum absolute atomic E-state index is 0.0276. The van der Waals surface area contributed by atoms with Crippen LogP contribution >= 0.6 is 0 Å². The van der Waals surface area contributed by atoms with Crippen molar-refractivity contribution in [1.82, 2.24) is 19.4 Å². The quantitative estimate of drug-likeness (QED) is 0.639. The first kappa shape index (κ1) is 19.3. The first-order chi connectivity index (χ1) is 14.3. The fourth-order valence-electron chi connectivity index (χ4n) is 3.68. The van der Waals surface area contributed by atoms with Gasteiger partial charge in [-0.3, -0.25) is 4.79 Å². The number of aromatic nitrogens is 3. The summed E-state index contributed by atoms with van der Waals surface area (Å²) in [6.45, 7) is 4.71. The molecule has 1 saturated heterocycles. The Hall–Kier alpha value is -2.99. The number of rotatable bonds is 6. The zero-order valence-corrected chi connectivity index (χ0v) is 16.7. The molecule has 6 nitrogen and oxygen atoms in total. The molecule has 4 rings (SSSR count). The molecule has 0 spiro atoms. The number of nitrogens with zero attached hydrogens (tertiary/aromatic N) is 4. The van der Waals surface area contributed by atoms with Gasteiger partial charge >= 0.3 is 0 Å². The summed E-state index contributed by atoms with van der Waals surface area (Å²) < 4.78 is 7.57. The zero-order valence-electron chi connectivity index (χ0n) is 16.7. The van der Waals surface area contributed by atoms with Crippen LogP contribution in [0, 0.1) is 0 Å². The zero-order chi connectivity index (χ0) is 20.1. The second-order valence-corrected chi connectivity index (χ2v) is 7.22. The Balaban J connectivity index is 1.48. The highest BCUT2D eigenvalue weighted by molar-refractivity contribution is 5.96. The van der Waals surface area contributed by atoms with Gasteiger partial charge in [0.15, 0.2) is 5.65 Å². The van der Waals surface area contributed by atoms with Gasteiger partial charge in [-0.15, -0.1) is 0 Å². The van der Waals surface area contributed by atoms with E-state index in [9.17, 15) is 4.79 Å². The Morgan fingerprint density at radius 3 is 2.79 bits per heavy atom. The van der Waals surface area contributed by atoms with Crippen molar-refractivity contribution in [2.45, 2.75) is 25.8 Å². The maximum absolute atomic E-state index is 13.0. The number of carbonyl (C=O) groups is 1. The lowest BCUT2D eigenvalue weighted by atomic mass is 10.1. The Labute approximate surface area is 170 Å². The summed E-state index contributed by atoms with van der Waals surface area (Å²) in [4.78, 5) is 23.8. The van der Waals surface area contributed by atoms with Gasteiger partial charge in [0.25, 0.3) is 5.91 Å². The van der Waals surface area contributed by atoms with Gasteiger partial charge in [-0.05, 0) is 31.4 Å². The van der Waals surface area contributed by atoms with Crippen LogP contribution in [-0.2, 0) is 4.74 Å². The normalized spacial score (nSPS) is 15.2. The van der Waals surface area contributed by atoms with Crippen molar-refractivity contribution >= 4 is 23.1 Å². The molecule has 0 N–H and O–H groups in total. The summed E-state index contributed by atoms with van der Waals surface area (Å²) in [5.74, 6) is -0.0276. The average Bonchev–Trinajstić information content (AvgIpc) is 3.21. The Morgan fingerprint density at radius 2 is 2.03 bits per heavy atom. The maximum Gasteiger partial charge on any atom is 0.255 e. The fraction of sp³-hybridized carbons (Fsp3) is 0.348. The number of hydrogen-bond acceptors (Lipinski definition) is 4. The predicted octanol–water partition coefficient (Wildman–Crippen LogP) is 3.96. The highest BCUT2D eigenvalue weighted by Gasteiger charge is 2.20. The van der Waals surface area contributed by atoms with E-state index in [1.54, 1.807) is 11.1 Å². The molecule has 6 heteroatoms. The third kappa shape index (κ3) is 4.38. The number of hydrogen-bond donors (Lipinski definition) is 0. The molecule has 2 aromatic heterocycles. The number of carbonyl (C=O) groups excluding carboxylic acids is 1. The molecule has 29 heavy (non-hydrogen) atoms. The summed E-state index contributed by atoms with van der Waals surface area (Å²) >= 11 is 0. The van der Waals surface area contributed by atoms with E-state index in [0.717, 1.165) is 42.8 Å². The maximum atomic E-state index is 13.0. The number of likely N-dealkylation sites (N-methyl/N-ethyl adjacent to an activating group) is 1. The molecule has 0 radical (unpaired) electrons. The van der Waals surface area contributed by atoms with E-state index in [-0.39, 0.29) is 5.91 Å². The number of amides is 1. The van der Waals surface area contributed by atoms with E-state index < -0.39 is 0 Å². The van der Waals surface area contributed by atoms with Crippen molar-refractivity contribution in [2.24, 2.45) is 0 Å². The molecule has 1 fully saturated rings. The molecule has 150 valence electrons. The second-order valence-electron chi connectivity index (χ2n) is 7.22. The van der Waals surface area contributed by atoms with Gasteiger partial charge < -0.3 is 14.2 Å². The van der Waals surface area contributed by atoms with Gasteiger partial charge in [-0.1, -0.05) is 42.5 Å². The highest BCUT2D eigenvalue weighted by Crippen LogP contribution is 2.25. The lowest BCUT2D eigenvalue weighted by molar-refractivity contribution is 0.0704. The summed E-state index contributed by atoms with van der Waals surface area (Å²) in [5.41, 5.74) is 3.29. The van der Waals surface area contributed by atoms with Crippen molar-refractivity contribution in [3.8, 4) is 0 Å². The van der Waals surface area contributed by atoms with Crippen LogP contribution < -0.4 is 0 Å². The van der Waals surface area contributed by atoms with Gasteiger partial charge in [0, 0.05) is 38.5 Å². The summed E-state index contributed by atoms with van der Waals surface area (Å²) in [5, 5.41) is 0. The molecule has 1 aliphatic rings. The molecule has 1 amide bonds. The molecule has 0 aliphatic carbocycles. The van der Waals surface area contributed by atoms with Crippen LogP contribution in [0.5, 0.6) is 0 Å². The standard InChI is InChI=1S/C23H26N4O2/c1-2-26(12-6-9-18-7-4-3-5-8-18)23(28)19-15-21-22(24-16-19)27(17-25-21)20-10-13-29-14-11-20/h3-9,15-17,20H,2,10-14H2,1H3/b9-6+. The largest absolute Gasteiger partial charge is 0.381 e. The highest BCUT2D eigenvalue weighted by atomic mass is 16.5. The van der Waals surface area contributed by atoms with Crippen molar-refractivity contribution in [2.75, 3.05) is 26.3 Å². The SMILES string of the molecule is CCN(C/C=C/c1ccccc1)C(=O)c1cnc2c(c1)ncn2C1CCOCC1. The lowest BCUT2D eigenvalue weighted by Gasteiger charge is -2.23. The van der Waals surface area contributed by atoms with E-state index >= 15 is 0 Å². The van der Waals surface area contributed by atoms with E-state index in [1.165, 1.54) is 0 Å². The number of imidazole rings is 1. The molecule has 3 aromatic rings. The molecule has 3 heterocycles. The van der Waals surface area contributed by atoms with Crippen molar-refractivity contribution in [3.05, 3.63) is 66.1 Å². The molecule has 0 saturated carbocycles. The van der Waals surface area contributed by atoms with Gasteiger partial charge in [0.2, 0.25) is 0 Å². The monoisotopic (exact) mass is 390 g/mol. The number of ether oxygens (including phenoxy) is 1. The van der Waals surface area contributed by atoms with Crippen molar-refractivity contribution in [3.63, 3.8) is 0 Å². The molecular formula is C23H26N4O2. The molecular weight excluding hydrogens is 364 g/mol. The molecule has 0 unspecified atom stereocenters.